The lowest BCUT2D eigenvalue weighted by Gasteiger charge is -2.09. The number of rotatable bonds is 6. The second kappa shape index (κ2) is 7.16. The van der Waals surface area contributed by atoms with Crippen LogP contribution in [-0.2, 0) is 4.74 Å². The molecule has 0 bridgehead atoms. The molecular weight excluding hydrogens is 238 g/mol. The standard InChI is InChI=1S/C12H15NO5/c1-2-3-8-17-12(16)13-18-10-7-5-4-6-9(10)11(14)15/h4-7H,2-3,8H2,1H3,(H,13,16)(H,14,15). The summed E-state index contributed by atoms with van der Waals surface area (Å²) in [6.07, 6.45) is 0.929. The molecule has 1 aromatic carbocycles. The number of ether oxygens (including phenoxy) is 1. The molecule has 0 atom stereocenters. The lowest BCUT2D eigenvalue weighted by Crippen LogP contribution is -2.28. The van der Waals surface area contributed by atoms with Gasteiger partial charge in [0.2, 0.25) is 0 Å². The molecule has 1 amide bonds. The third-order valence-electron chi connectivity index (χ3n) is 2.09. The van der Waals surface area contributed by atoms with Crippen LogP contribution in [0.15, 0.2) is 24.3 Å². The summed E-state index contributed by atoms with van der Waals surface area (Å²) in [5.41, 5.74) is 1.99. The minimum atomic E-state index is -1.13. The summed E-state index contributed by atoms with van der Waals surface area (Å²) in [6.45, 7) is 2.27. The van der Waals surface area contributed by atoms with E-state index in [2.05, 4.69) is 0 Å². The number of amides is 1. The molecule has 1 aromatic rings. The Hall–Kier alpha value is -2.24. The zero-order valence-corrected chi connectivity index (χ0v) is 10.0. The van der Waals surface area contributed by atoms with E-state index in [1.807, 2.05) is 12.4 Å². The Balaban J connectivity index is 2.48. The first-order valence-corrected chi connectivity index (χ1v) is 5.57. The van der Waals surface area contributed by atoms with Crippen LogP contribution in [0.1, 0.15) is 30.1 Å². The molecule has 0 unspecified atom stereocenters. The molecule has 0 saturated heterocycles. The van der Waals surface area contributed by atoms with Crippen LogP contribution in [0.2, 0.25) is 0 Å². The highest BCUT2D eigenvalue weighted by Gasteiger charge is 2.11. The van der Waals surface area contributed by atoms with E-state index >= 15 is 0 Å². The van der Waals surface area contributed by atoms with Crippen LogP contribution in [-0.4, -0.2) is 23.8 Å². The van der Waals surface area contributed by atoms with Gasteiger partial charge < -0.3 is 14.7 Å². The summed E-state index contributed by atoms with van der Waals surface area (Å²) in [4.78, 5) is 26.9. The van der Waals surface area contributed by atoms with E-state index in [1.54, 1.807) is 12.1 Å². The van der Waals surface area contributed by atoms with Crippen molar-refractivity contribution in [3.05, 3.63) is 29.8 Å². The van der Waals surface area contributed by atoms with Crippen LogP contribution in [0.4, 0.5) is 4.79 Å². The van der Waals surface area contributed by atoms with Crippen molar-refractivity contribution in [3.63, 3.8) is 0 Å². The van der Waals surface area contributed by atoms with Crippen LogP contribution in [0.3, 0.4) is 0 Å². The van der Waals surface area contributed by atoms with Crippen molar-refractivity contribution in [3.8, 4) is 5.75 Å². The van der Waals surface area contributed by atoms with Crippen LogP contribution in [0.5, 0.6) is 5.75 Å². The highest BCUT2D eigenvalue weighted by atomic mass is 16.7. The summed E-state index contributed by atoms with van der Waals surface area (Å²) in [7, 11) is 0. The predicted molar refractivity (Wildman–Crippen MR) is 63.4 cm³/mol. The predicted octanol–water partition coefficient (Wildman–Crippen LogP) is 2.20. The van der Waals surface area contributed by atoms with Crippen molar-refractivity contribution in [2.24, 2.45) is 0 Å². The van der Waals surface area contributed by atoms with E-state index in [1.165, 1.54) is 12.1 Å². The van der Waals surface area contributed by atoms with Crippen LogP contribution < -0.4 is 10.3 Å². The topological polar surface area (TPSA) is 84.9 Å². The molecule has 0 heterocycles. The zero-order valence-electron chi connectivity index (χ0n) is 10.0. The van der Waals surface area contributed by atoms with Gasteiger partial charge in [-0.1, -0.05) is 25.5 Å². The molecular formula is C12H15NO5. The molecule has 6 nitrogen and oxygen atoms in total. The van der Waals surface area contributed by atoms with Gasteiger partial charge in [0.15, 0.2) is 5.75 Å². The number of benzene rings is 1. The largest absolute Gasteiger partial charge is 0.478 e. The molecule has 0 saturated carbocycles. The fraction of sp³-hybridized carbons (Fsp3) is 0.333. The quantitative estimate of drug-likeness (QED) is 0.599. The summed E-state index contributed by atoms with van der Waals surface area (Å²) in [6, 6.07) is 5.99. The molecule has 2 N–H and O–H groups in total. The first-order valence-electron chi connectivity index (χ1n) is 5.57. The third kappa shape index (κ3) is 4.32. The van der Waals surface area contributed by atoms with Gasteiger partial charge in [-0.25, -0.2) is 9.59 Å². The van der Waals surface area contributed by atoms with Gasteiger partial charge in [0.05, 0.1) is 6.61 Å². The summed E-state index contributed by atoms with van der Waals surface area (Å²) >= 11 is 0. The number of carbonyl (C=O) groups excluding carboxylic acids is 1. The lowest BCUT2D eigenvalue weighted by molar-refractivity contribution is 0.0679. The Morgan fingerprint density at radius 1 is 1.33 bits per heavy atom. The molecule has 0 aliphatic carbocycles. The second-order valence-electron chi connectivity index (χ2n) is 3.49. The Morgan fingerprint density at radius 3 is 2.72 bits per heavy atom. The first-order chi connectivity index (χ1) is 8.65. The number of carboxylic acid groups (broad SMARTS) is 1. The van der Waals surface area contributed by atoms with Crippen molar-refractivity contribution in [1.29, 1.82) is 0 Å². The SMILES string of the molecule is CCCCOC(=O)NOc1ccccc1C(=O)O. The molecule has 0 aliphatic rings. The van der Waals surface area contributed by atoms with Gasteiger partial charge in [0.25, 0.3) is 0 Å². The van der Waals surface area contributed by atoms with Gasteiger partial charge in [-0.3, -0.25) is 0 Å². The number of nitrogens with one attached hydrogen (secondary N) is 1. The van der Waals surface area contributed by atoms with E-state index in [4.69, 9.17) is 14.7 Å². The number of para-hydroxylation sites is 1. The van der Waals surface area contributed by atoms with Gasteiger partial charge in [0, 0.05) is 0 Å². The normalized spacial score (nSPS) is 9.61. The van der Waals surface area contributed by atoms with Crippen molar-refractivity contribution in [1.82, 2.24) is 5.48 Å². The minimum absolute atomic E-state index is 0.0358. The Bertz CT molecular complexity index is 419. The Labute approximate surface area is 104 Å². The highest BCUT2D eigenvalue weighted by Crippen LogP contribution is 2.16. The maximum Gasteiger partial charge on any atom is 0.440 e. The van der Waals surface area contributed by atoms with E-state index < -0.39 is 12.1 Å². The van der Waals surface area contributed by atoms with E-state index in [0.29, 0.717) is 6.61 Å². The van der Waals surface area contributed by atoms with E-state index in [9.17, 15) is 9.59 Å². The van der Waals surface area contributed by atoms with Crippen molar-refractivity contribution >= 4 is 12.1 Å². The summed E-state index contributed by atoms with van der Waals surface area (Å²) in [5.74, 6) is -1.08. The first kappa shape index (κ1) is 13.8. The molecule has 98 valence electrons. The van der Waals surface area contributed by atoms with E-state index in [-0.39, 0.29) is 11.3 Å². The molecule has 0 spiro atoms. The number of hydroxylamine groups is 1. The van der Waals surface area contributed by atoms with Gasteiger partial charge >= 0.3 is 12.1 Å². The lowest BCUT2D eigenvalue weighted by atomic mass is 10.2. The van der Waals surface area contributed by atoms with Gasteiger partial charge in [-0.2, -0.15) is 5.48 Å². The number of carboxylic acids is 1. The number of unbranched alkanes of at least 4 members (excludes halogenated alkanes) is 1. The zero-order chi connectivity index (χ0) is 13.4. The smallest absolute Gasteiger partial charge is 0.440 e. The van der Waals surface area contributed by atoms with Crippen LogP contribution in [0, 0.1) is 0 Å². The molecule has 1 rings (SSSR count). The van der Waals surface area contributed by atoms with Crippen molar-refractivity contribution in [2.75, 3.05) is 6.61 Å². The maximum absolute atomic E-state index is 11.2. The second-order valence-corrected chi connectivity index (χ2v) is 3.49. The van der Waals surface area contributed by atoms with Crippen molar-refractivity contribution in [2.45, 2.75) is 19.8 Å². The number of carbonyl (C=O) groups is 2. The highest BCUT2D eigenvalue weighted by molar-refractivity contribution is 5.90. The molecule has 6 heteroatoms. The summed E-state index contributed by atoms with van der Waals surface area (Å²) in [5, 5.41) is 8.88. The van der Waals surface area contributed by atoms with Crippen LogP contribution >= 0.6 is 0 Å². The monoisotopic (exact) mass is 253 g/mol. The van der Waals surface area contributed by atoms with Gasteiger partial charge in [-0.05, 0) is 18.6 Å². The van der Waals surface area contributed by atoms with Gasteiger partial charge in [-0.15, -0.1) is 0 Å². The van der Waals surface area contributed by atoms with Crippen LogP contribution in [0.25, 0.3) is 0 Å². The molecule has 0 aromatic heterocycles. The Kier molecular flexibility index (Phi) is 5.50. The average Bonchev–Trinajstić information content (AvgIpc) is 2.37. The molecule has 0 fully saturated rings. The number of aromatic carboxylic acids is 1. The Morgan fingerprint density at radius 2 is 2.06 bits per heavy atom. The summed E-state index contributed by atoms with van der Waals surface area (Å²) < 4.78 is 4.78. The molecule has 18 heavy (non-hydrogen) atoms. The average molecular weight is 253 g/mol. The number of hydrogen-bond acceptors (Lipinski definition) is 4. The molecule has 0 aliphatic heterocycles. The molecule has 0 radical (unpaired) electrons. The van der Waals surface area contributed by atoms with E-state index in [0.717, 1.165) is 12.8 Å². The van der Waals surface area contributed by atoms with Gasteiger partial charge in [0.1, 0.15) is 5.56 Å². The van der Waals surface area contributed by atoms with Crippen molar-refractivity contribution < 1.29 is 24.3 Å². The minimum Gasteiger partial charge on any atom is -0.478 e. The third-order valence-corrected chi connectivity index (χ3v) is 2.09. The fourth-order valence-corrected chi connectivity index (χ4v) is 1.17. The maximum atomic E-state index is 11.2. The fourth-order valence-electron chi connectivity index (χ4n) is 1.17. The number of hydrogen-bond donors (Lipinski definition) is 2.